The third kappa shape index (κ3) is 5.44. The van der Waals surface area contributed by atoms with Crippen molar-refractivity contribution in [3.63, 3.8) is 0 Å². The van der Waals surface area contributed by atoms with Crippen molar-refractivity contribution in [1.82, 2.24) is 5.32 Å². The molecule has 0 atom stereocenters. The summed E-state index contributed by atoms with van der Waals surface area (Å²) in [6, 6.07) is 20.9. The van der Waals surface area contributed by atoms with Crippen LogP contribution in [0.4, 0.5) is 5.69 Å². The maximum atomic E-state index is 12.5. The Bertz CT molecular complexity index is 1420. The van der Waals surface area contributed by atoms with Crippen LogP contribution in [-0.4, -0.2) is 17.6 Å². The summed E-state index contributed by atoms with van der Waals surface area (Å²) in [4.78, 5) is 24.9. The molecule has 0 aliphatic carbocycles. The van der Waals surface area contributed by atoms with Crippen molar-refractivity contribution in [1.29, 1.82) is 0 Å². The van der Waals surface area contributed by atoms with E-state index in [1.165, 1.54) is 0 Å². The maximum Gasteiger partial charge on any atom is 0.344 e. The van der Waals surface area contributed by atoms with E-state index in [0.717, 1.165) is 11.8 Å². The Morgan fingerprint density at radius 1 is 1.03 bits per heavy atom. The number of carbonyl (C=O) groups excluding carboxylic acids is 1. The molecule has 0 spiro atoms. The first kappa shape index (κ1) is 23.5. The Morgan fingerprint density at radius 3 is 2.53 bits per heavy atom. The van der Waals surface area contributed by atoms with Crippen LogP contribution in [0.2, 0.25) is 5.02 Å². The molecule has 1 amide bonds. The van der Waals surface area contributed by atoms with E-state index in [2.05, 4.69) is 10.6 Å². The monoisotopic (exact) mass is 492 g/mol. The van der Waals surface area contributed by atoms with Crippen molar-refractivity contribution in [2.24, 2.45) is 0 Å². The Kier molecular flexibility index (Phi) is 7.25. The predicted octanol–water partition coefficient (Wildman–Crippen LogP) is 6.03. The summed E-state index contributed by atoms with van der Waals surface area (Å²) in [6.45, 7) is 2.64. The van der Waals surface area contributed by atoms with E-state index in [-0.39, 0.29) is 11.0 Å². The summed E-state index contributed by atoms with van der Waals surface area (Å²) in [7, 11) is 0. The lowest BCUT2D eigenvalue weighted by Crippen LogP contribution is -2.34. The van der Waals surface area contributed by atoms with Gasteiger partial charge in [-0.3, -0.25) is 10.1 Å². The van der Waals surface area contributed by atoms with Gasteiger partial charge in [0, 0.05) is 22.2 Å². The average molecular weight is 493 g/mol. The van der Waals surface area contributed by atoms with E-state index in [1.807, 2.05) is 19.1 Å². The zero-order chi connectivity index (χ0) is 24.1. The number of halogens is 1. The van der Waals surface area contributed by atoms with Gasteiger partial charge in [-0.15, -0.1) is 0 Å². The number of fused-ring (bicyclic) bond motifs is 1. The van der Waals surface area contributed by atoms with E-state index < -0.39 is 5.63 Å². The van der Waals surface area contributed by atoms with Gasteiger partial charge in [0.2, 0.25) is 0 Å². The van der Waals surface area contributed by atoms with Crippen LogP contribution in [0.25, 0.3) is 22.1 Å². The summed E-state index contributed by atoms with van der Waals surface area (Å²) < 4.78 is 10.9. The lowest BCUT2D eigenvalue weighted by molar-refractivity contribution is 0.0977. The van der Waals surface area contributed by atoms with Crippen LogP contribution in [0.15, 0.2) is 82.0 Å². The van der Waals surface area contributed by atoms with Crippen LogP contribution >= 0.6 is 23.8 Å². The number of benzene rings is 3. The van der Waals surface area contributed by atoms with Crippen molar-refractivity contribution in [2.75, 3.05) is 11.9 Å². The first-order valence-corrected chi connectivity index (χ1v) is 11.4. The molecule has 6 nitrogen and oxygen atoms in total. The third-order valence-corrected chi connectivity index (χ3v) is 5.49. The first-order valence-electron chi connectivity index (χ1n) is 10.6. The van der Waals surface area contributed by atoms with Gasteiger partial charge in [-0.05, 0) is 67.2 Å². The molecule has 0 unspecified atom stereocenters. The number of rotatable bonds is 6. The number of para-hydroxylation sites is 1. The van der Waals surface area contributed by atoms with Crippen molar-refractivity contribution in [3.8, 4) is 16.9 Å². The van der Waals surface area contributed by atoms with E-state index in [1.54, 1.807) is 60.7 Å². The van der Waals surface area contributed by atoms with Crippen molar-refractivity contribution >= 4 is 51.5 Å². The second kappa shape index (κ2) is 10.5. The van der Waals surface area contributed by atoms with Gasteiger partial charge >= 0.3 is 5.63 Å². The molecular weight excluding hydrogens is 472 g/mol. The van der Waals surface area contributed by atoms with Gasteiger partial charge in [-0.25, -0.2) is 4.79 Å². The van der Waals surface area contributed by atoms with E-state index >= 15 is 0 Å². The summed E-state index contributed by atoms with van der Waals surface area (Å²) in [5.74, 6) is 0.352. The number of anilines is 1. The highest BCUT2D eigenvalue weighted by Gasteiger charge is 2.13. The lowest BCUT2D eigenvalue weighted by Gasteiger charge is -2.12. The molecule has 2 N–H and O–H groups in total. The molecule has 0 fully saturated rings. The highest BCUT2D eigenvalue weighted by atomic mass is 35.5. The summed E-state index contributed by atoms with van der Waals surface area (Å²) >= 11 is 11.7. The average Bonchev–Trinajstić information content (AvgIpc) is 2.83. The maximum absolute atomic E-state index is 12.5. The Hall–Kier alpha value is -3.68. The van der Waals surface area contributed by atoms with Crippen molar-refractivity contribution in [3.05, 3.63) is 93.8 Å². The van der Waals surface area contributed by atoms with Crippen molar-refractivity contribution in [2.45, 2.75) is 13.3 Å². The van der Waals surface area contributed by atoms with Crippen LogP contribution in [0, 0.1) is 0 Å². The van der Waals surface area contributed by atoms with Gasteiger partial charge in [0.1, 0.15) is 11.3 Å². The normalized spacial score (nSPS) is 10.6. The van der Waals surface area contributed by atoms with Crippen LogP contribution in [0.1, 0.15) is 23.7 Å². The molecule has 1 heterocycles. The molecule has 1 aromatic heterocycles. The summed E-state index contributed by atoms with van der Waals surface area (Å²) in [5.41, 5.74) is 1.94. The SMILES string of the molecule is CCCOc1ccc(C(=O)NC(=S)Nc2ccc(-c3cc4ccccc4oc3=O)c(Cl)c2)cc1. The van der Waals surface area contributed by atoms with E-state index in [9.17, 15) is 9.59 Å². The molecule has 0 saturated carbocycles. The highest BCUT2D eigenvalue weighted by Crippen LogP contribution is 2.30. The third-order valence-electron chi connectivity index (χ3n) is 4.97. The first-order chi connectivity index (χ1) is 16.4. The number of carbonyl (C=O) groups is 1. The van der Waals surface area contributed by atoms with Crippen LogP contribution in [0.3, 0.4) is 0 Å². The molecular formula is C26H21ClN2O4S. The zero-order valence-corrected chi connectivity index (χ0v) is 19.8. The second-order valence-electron chi connectivity index (χ2n) is 7.46. The molecule has 172 valence electrons. The summed E-state index contributed by atoms with van der Waals surface area (Å²) in [6.07, 6.45) is 0.906. The predicted molar refractivity (Wildman–Crippen MR) is 139 cm³/mol. The van der Waals surface area contributed by atoms with Crippen LogP contribution < -0.4 is 21.0 Å². The minimum atomic E-state index is -0.477. The minimum absolute atomic E-state index is 0.116. The summed E-state index contributed by atoms with van der Waals surface area (Å²) in [5, 5.41) is 6.82. The Balaban J connectivity index is 1.44. The number of hydrogen-bond donors (Lipinski definition) is 2. The molecule has 0 saturated heterocycles. The van der Waals surface area contributed by atoms with Gasteiger partial charge in [0.05, 0.1) is 17.2 Å². The van der Waals surface area contributed by atoms with Gasteiger partial charge < -0.3 is 14.5 Å². The standard InChI is InChI=1S/C26H21ClN2O4S/c1-2-13-32-19-10-7-16(8-11-19)24(30)29-26(34)28-18-9-12-20(22(27)15-18)21-14-17-5-3-4-6-23(17)33-25(21)31/h3-12,14-15H,2,13H2,1H3,(H2,28,29,30,34). The van der Waals surface area contributed by atoms with Gasteiger partial charge in [0.15, 0.2) is 5.11 Å². The quantitative estimate of drug-likeness (QED) is 0.253. The number of amides is 1. The van der Waals surface area contributed by atoms with Gasteiger partial charge in [-0.1, -0.05) is 42.8 Å². The number of thiocarbonyl (C=S) groups is 1. The fourth-order valence-corrected chi connectivity index (χ4v) is 3.81. The molecule has 0 aliphatic rings. The topological polar surface area (TPSA) is 80.6 Å². The number of hydrogen-bond acceptors (Lipinski definition) is 5. The molecule has 4 aromatic rings. The molecule has 4 rings (SSSR count). The molecule has 0 bridgehead atoms. The van der Waals surface area contributed by atoms with E-state index in [4.69, 9.17) is 33.0 Å². The molecule has 0 aliphatic heterocycles. The molecule has 8 heteroatoms. The van der Waals surface area contributed by atoms with Gasteiger partial charge in [-0.2, -0.15) is 0 Å². The van der Waals surface area contributed by atoms with Crippen molar-refractivity contribution < 1.29 is 13.9 Å². The number of nitrogens with one attached hydrogen (secondary N) is 2. The smallest absolute Gasteiger partial charge is 0.344 e. The fourth-order valence-electron chi connectivity index (χ4n) is 3.32. The van der Waals surface area contributed by atoms with Gasteiger partial charge in [0.25, 0.3) is 5.91 Å². The minimum Gasteiger partial charge on any atom is -0.494 e. The Labute approximate surface area is 206 Å². The second-order valence-corrected chi connectivity index (χ2v) is 8.28. The molecule has 34 heavy (non-hydrogen) atoms. The van der Waals surface area contributed by atoms with Crippen LogP contribution in [0.5, 0.6) is 5.75 Å². The largest absolute Gasteiger partial charge is 0.494 e. The lowest BCUT2D eigenvalue weighted by atomic mass is 10.1. The molecule has 3 aromatic carbocycles. The fraction of sp³-hybridized carbons (Fsp3) is 0.115. The molecule has 0 radical (unpaired) electrons. The van der Waals surface area contributed by atoms with E-state index in [0.29, 0.717) is 45.3 Å². The highest BCUT2D eigenvalue weighted by molar-refractivity contribution is 7.80. The van der Waals surface area contributed by atoms with Crippen LogP contribution in [-0.2, 0) is 0 Å². The zero-order valence-electron chi connectivity index (χ0n) is 18.3. The Morgan fingerprint density at radius 2 is 1.79 bits per heavy atom. The number of ether oxygens (including phenoxy) is 1.